The van der Waals surface area contributed by atoms with Gasteiger partial charge in [0.05, 0.1) is 0 Å². The van der Waals surface area contributed by atoms with Gasteiger partial charge in [-0.05, 0) is 26.3 Å². The van der Waals surface area contributed by atoms with Gasteiger partial charge < -0.3 is 0 Å². The van der Waals surface area contributed by atoms with Crippen LogP contribution in [0.25, 0.3) is 0 Å². The highest BCUT2D eigenvalue weighted by molar-refractivity contribution is 6.11. The van der Waals surface area contributed by atoms with Crippen LogP contribution in [0.4, 0.5) is 0 Å². The molecule has 1 rings (SSSR count). The molecular weight excluding hydrogens is 184 g/mol. The lowest BCUT2D eigenvalue weighted by Crippen LogP contribution is -2.03. The van der Waals surface area contributed by atoms with Gasteiger partial charge in [0.1, 0.15) is 0 Å². The van der Waals surface area contributed by atoms with Crippen molar-refractivity contribution in [3.05, 3.63) is 59.2 Å². The standard InChI is InChI=1S/C14H16O/c1-4-8-12(5-2)14(15)13-10-7-6-9-11(13)3/h4-10H,1-3H3/b8-4-,12-5+. The van der Waals surface area contributed by atoms with E-state index in [1.165, 1.54) is 0 Å². The van der Waals surface area contributed by atoms with Crippen LogP contribution in [0, 0.1) is 6.92 Å². The molecule has 0 aliphatic heterocycles. The minimum absolute atomic E-state index is 0.0914. The fraction of sp³-hybridized carbons (Fsp3) is 0.214. The monoisotopic (exact) mass is 200 g/mol. The lowest BCUT2D eigenvalue weighted by atomic mass is 9.99. The van der Waals surface area contributed by atoms with Crippen molar-refractivity contribution in [3.63, 3.8) is 0 Å². The number of allylic oxidation sites excluding steroid dienone is 4. The molecule has 0 saturated heterocycles. The molecule has 0 N–H and O–H groups in total. The molecule has 0 bridgehead atoms. The van der Waals surface area contributed by atoms with Gasteiger partial charge in [0, 0.05) is 11.1 Å². The van der Waals surface area contributed by atoms with Gasteiger partial charge in [-0.1, -0.05) is 42.5 Å². The van der Waals surface area contributed by atoms with Gasteiger partial charge in [-0.15, -0.1) is 0 Å². The molecule has 0 fully saturated rings. The van der Waals surface area contributed by atoms with E-state index in [4.69, 9.17) is 0 Å². The van der Waals surface area contributed by atoms with Gasteiger partial charge in [0.2, 0.25) is 0 Å². The van der Waals surface area contributed by atoms with E-state index in [0.29, 0.717) is 0 Å². The zero-order valence-corrected chi connectivity index (χ0v) is 9.45. The van der Waals surface area contributed by atoms with Crippen molar-refractivity contribution in [3.8, 4) is 0 Å². The molecule has 0 spiro atoms. The number of Topliss-reactive ketones (excluding diaryl/α,β-unsaturated/α-hetero) is 1. The van der Waals surface area contributed by atoms with E-state index in [0.717, 1.165) is 16.7 Å². The molecule has 1 heteroatoms. The lowest BCUT2D eigenvalue weighted by molar-refractivity contribution is 0.103. The van der Waals surface area contributed by atoms with Gasteiger partial charge in [-0.25, -0.2) is 0 Å². The molecule has 0 radical (unpaired) electrons. The summed E-state index contributed by atoms with van der Waals surface area (Å²) in [6.45, 7) is 5.75. The first-order valence-electron chi connectivity index (χ1n) is 5.10. The van der Waals surface area contributed by atoms with E-state index in [-0.39, 0.29) is 5.78 Å². The van der Waals surface area contributed by atoms with E-state index < -0.39 is 0 Å². The second-order valence-corrected chi connectivity index (χ2v) is 3.39. The number of rotatable bonds is 3. The van der Waals surface area contributed by atoms with Gasteiger partial charge in [0.15, 0.2) is 5.78 Å². The van der Waals surface area contributed by atoms with Crippen molar-refractivity contribution in [2.75, 3.05) is 0 Å². The predicted octanol–water partition coefficient (Wildman–Crippen LogP) is 3.70. The summed E-state index contributed by atoms with van der Waals surface area (Å²) < 4.78 is 0. The van der Waals surface area contributed by atoms with Crippen LogP contribution in [0.1, 0.15) is 29.8 Å². The zero-order chi connectivity index (χ0) is 11.3. The number of carbonyl (C=O) groups excluding carboxylic acids is 1. The number of benzene rings is 1. The summed E-state index contributed by atoms with van der Waals surface area (Å²) in [5.41, 5.74) is 2.54. The first-order valence-corrected chi connectivity index (χ1v) is 5.10. The third-order valence-corrected chi connectivity index (χ3v) is 2.31. The molecule has 78 valence electrons. The Morgan fingerprint density at radius 1 is 1.20 bits per heavy atom. The van der Waals surface area contributed by atoms with Crippen molar-refractivity contribution >= 4 is 5.78 Å². The van der Waals surface area contributed by atoms with Gasteiger partial charge in [0.25, 0.3) is 0 Å². The molecule has 0 unspecified atom stereocenters. The summed E-state index contributed by atoms with van der Waals surface area (Å²) in [6.07, 6.45) is 5.56. The normalized spacial score (nSPS) is 12.1. The largest absolute Gasteiger partial charge is 0.289 e. The second kappa shape index (κ2) is 5.30. The Kier molecular flexibility index (Phi) is 4.04. The Bertz CT molecular complexity index is 411. The number of hydrogen-bond acceptors (Lipinski definition) is 1. The lowest BCUT2D eigenvalue weighted by Gasteiger charge is -2.04. The average Bonchev–Trinajstić information content (AvgIpc) is 2.25. The van der Waals surface area contributed by atoms with Gasteiger partial charge in [-0.2, -0.15) is 0 Å². The van der Waals surface area contributed by atoms with Crippen LogP contribution in [0.3, 0.4) is 0 Å². The maximum absolute atomic E-state index is 12.1. The van der Waals surface area contributed by atoms with E-state index in [1.807, 2.05) is 63.3 Å². The molecule has 15 heavy (non-hydrogen) atoms. The highest BCUT2D eigenvalue weighted by Crippen LogP contribution is 2.13. The first-order chi connectivity index (χ1) is 7.20. The van der Waals surface area contributed by atoms with Crippen molar-refractivity contribution < 1.29 is 4.79 Å². The first kappa shape index (κ1) is 11.4. The molecule has 0 aliphatic carbocycles. The summed E-state index contributed by atoms with van der Waals surface area (Å²) in [4.78, 5) is 12.1. The highest BCUT2D eigenvalue weighted by atomic mass is 16.1. The van der Waals surface area contributed by atoms with Gasteiger partial charge in [-0.3, -0.25) is 4.79 Å². The fourth-order valence-corrected chi connectivity index (χ4v) is 1.47. The molecule has 0 aliphatic rings. The van der Waals surface area contributed by atoms with Crippen LogP contribution in [-0.4, -0.2) is 5.78 Å². The predicted molar refractivity (Wildman–Crippen MR) is 64.1 cm³/mol. The minimum Gasteiger partial charge on any atom is -0.289 e. The fourth-order valence-electron chi connectivity index (χ4n) is 1.47. The summed E-state index contributed by atoms with van der Waals surface area (Å²) >= 11 is 0. The molecule has 0 amide bonds. The Morgan fingerprint density at radius 2 is 1.87 bits per heavy atom. The SMILES string of the molecule is C/C=C\C(=C/C)C(=O)c1ccccc1C. The van der Waals surface area contributed by atoms with Crippen LogP contribution >= 0.6 is 0 Å². The molecule has 1 nitrogen and oxygen atoms in total. The summed E-state index contributed by atoms with van der Waals surface area (Å²) in [7, 11) is 0. The number of ketones is 1. The van der Waals surface area contributed by atoms with Crippen molar-refractivity contribution in [1.82, 2.24) is 0 Å². The van der Waals surface area contributed by atoms with E-state index >= 15 is 0 Å². The van der Waals surface area contributed by atoms with Crippen LogP contribution < -0.4 is 0 Å². The number of hydrogen-bond donors (Lipinski definition) is 0. The quantitative estimate of drug-likeness (QED) is 0.413. The van der Waals surface area contributed by atoms with E-state index in [2.05, 4.69) is 0 Å². The summed E-state index contributed by atoms with van der Waals surface area (Å²) in [6, 6.07) is 7.65. The van der Waals surface area contributed by atoms with Crippen LogP contribution in [-0.2, 0) is 0 Å². The van der Waals surface area contributed by atoms with Gasteiger partial charge >= 0.3 is 0 Å². The number of aryl methyl sites for hydroxylation is 1. The molecular formula is C14H16O. The highest BCUT2D eigenvalue weighted by Gasteiger charge is 2.10. The van der Waals surface area contributed by atoms with Crippen LogP contribution in [0.2, 0.25) is 0 Å². The smallest absolute Gasteiger partial charge is 0.192 e. The maximum Gasteiger partial charge on any atom is 0.192 e. The Morgan fingerprint density at radius 3 is 2.40 bits per heavy atom. The van der Waals surface area contributed by atoms with Crippen LogP contribution in [0.5, 0.6) is 0 Å². The van der Waals surface area contributed by atoms with E-state index in [1.54, 1.807) is 0 Å². The Labute approximate surface area is 91.1 Å². The summed E-state index contributed by atoms with van der Waals surface area (Å²) in [5.74, 6) is 0.0914. The Hall–Kier alpha value is -1.63. The van der Waals surface area contributed by atoms with Crippen LogP contribution in [0.15, 0.2) is 48.1 Å². The topological polar surface area (TPSA) is 17.1 Å². The third kappa shape index (κ3) is 2.66. The molecule has 0 saturated carbocycles. The van der Waals surface area contributed by atoms with Crippen molar-refractivity contribution in [2.24, 2.45) is 0 Å². The molecule has 1 aromatic carbocycles. The van der Waals surface area contributed by atoms with Crippen molar-refractivity contribution in [2.45, 2.75) is 20.8 Å². The molecule has 1 aromatic rings. The average molecular weight is 200 g/mol. The molecule has 0 heterocycles. The summed E-state index contributed by atoms with van der Waals surface area (Å²) in [5, 5.41) is 0. The zero-order valence-electron chi connectivity index (χ0n) is 9.45. The molecule has 0 atom stereocenters. The number of carbonyl (C=O) groups is 1. The maximum atomic E-state index is 12.1. The van der Waals surface area contributed by atoms with Crippen molar-refractivity contribution in [1.29, 1.82) is 0 Å². The van der Waals surface area contributed by atoms with E-state index in [9.17, 15) is 4.79 Å². The second-order valence-electron chi connectivity index (χ2n) is 3.39. The third-order valence-electron chi connectivity index (χ3n) is 2.31. The Balaban J connectivity index is 3.10. The molecule has 0 aromatic heterocycles. The minimum atomic E-state index is 0.0914.